The topological polar surface area (TPSA) is 107 Å². The first-order chi connectivity index (χ1) is 13.0. The van der Waals surface area contributed by atoms with Crippen LogP contribution in [0.4, 0.5) is 5.95 Å². The van der Waals surface area contributed by atoms with Crippen molar-refractivity contribution in [2.45, 2.75) is 4.90 Å². The van der Waals surface area contributed by atoms with Gasteiger partial charge in [0, 0.05) is 12.4 Å². The number of aromatic nitrogens is 4. The van der Waals surface area contributed by atoms with E-state index in [1.165, 1.54) is 47.6 Å². The maximum absolute atomic E-state index is 12.6. The van der Waals surface area contributed by atoms with E-state index in [-0.39, 0.29) is 16.4 Å². The van der Waals surface area contributed by atoms with Gasteiger partial charge in [-0.25, -0.2) is 28.1 Å². The lowest BCUT2D eigenvalue weighted by Crippen LogP contribution is -2.19. The van der Waals surface area contributed by atoms with Crippen LogP contribution >= 0.6 is 0 Å². The Morgan fingerprint density at radius 3 is 2.30 bits per heavy atom. The zero-order chi connectivity index (χ0) is 18.9. The summed E-state index contributed by atoms with van der Waals surface area (Å²) in [5, 5.41) is 0.486. The fourth-order valence-electron chi connectivity index (χ4n) is 2.57. The van der Waals surface area contributed by atoms with Crippen LogP contribution in [0.1, 0.15) is 0 Å². The Kier molecular flexibility index (Phi) is 4.13. The molecule has 9 heteroatoms. The molecule has 8 nitrogen and oxygen atoms in total. The first-order valence-corrected chi connectivity index (χ1v) is 9.40. The van der Waals surface area contributed by atoms with Gasteiger partial charge in [-0.05, 0) is 42.5 Å². The molecule has 0 atom stereocenters. The van der Waals surface area contributed by atoms with Crippen LogP contribution in [0, 0.1) is 0 Å². The number of sulfonamides is 1. The van der Waals surface area contributed by atoms with Gasteiger partial charge in [0.1, 0.15) is 6.33 Å². The molecule has 0 saturated carbocycles. The molecule has 0 radical (unpaired) electrons. The van der Waals surface area contributed by atoms with E-state index in [1.54, 1.807) is 24.3 Å². The third-order valence-electron chi connectivity index (χ3n) is 3.88. The molecule has 0 bridgehead atoms. The molecule has 2 aromatic heterocycles. The SMILES string of the molecule is O=c1c2ccccc2ncn1-c1ccc(S(=O)(=O)Nc2ncccn2)cc1. The van der Waals surface area contributed by atoms with Crippen molar-refractivity contribution in [3.63, 3.8) is 0 Å². The average molecular weight is 379 g/mol. The van der Waals surface area contributed by atoms with E-state index in [0.29, 0.717) is 16.6 Å². The third-order valence-corrected chi connectivity index (χ3v) is 5.23. The van der Waals surface area contributed by atoms with E-state index < -0.39 is 10.0 Å². The second-order valence-electron chi connectivity index (χ2n) is 5.61. The predicted molar refractivity (Wildman–Crippen MR) is 100 cm³/mol. The summed E-state index contributed by atoms with van der Waals surface area (Å²) in [6.45, 7) is 0. The van der Waals surface area contributed by atoms with Crippen molar-refractivity contribution >= 4 is 26.9 Å². The van der Waals surface area contributed by atoms with Crippen molar-refractivity contribution < 1.29 is 8.42 Å². The number of hydrogen-bond acceptors (Lipinski definition) is 6. The van der Waals surface area contributed by atoms with Crippen molar-refractivity contribution in [2.24, 2.45) is 0 Å². The molecule has 0 amide bonds. The van der Waals surface area contributed by atoms with Gasteiger partial charge in [0.25, 0.3) is 15.6 Å². The summed E-state index contributed by atoms with van der Waals surface area (Å²) >= 11 is 0. The molecule has 0 saturated heterocycles. The lowest BCUT2D eigenvalue weighted by atomic mass is 10.2. The van der Waals surface area contributed by atoms with Gasteiger partial charge in [-0.3, -0.25) is 9.36 Å². The zero-order valence-corrected chi connectivity index (χ0v) is 14.7. The highest BCUT2D eigenvalue weighted by molar-refractivity contribution is 7.92. The molecule has 134 valence electrons. The van der Waals surface area contributed by atoms with E-state index in [4.69, 9.17) is 0 Å². The molecule has 0 aliphatic heterocycles. The highest BCUT2D eigenvalue weighted by Crippen LogP contribution is 2.16. The number of anilines is 1. The van der Waals surface area contributed by atoms with Gasteiger partial charge in [0.15, 0.2) is 0 Å². The first kappa shape index (κ1) is 16.9. The Bertz CT molecular complexity index is 1270. The van der Waals surface area contributed by atoms with E-state index >= 15 is 0 Å². The second kappa shape index (κ2) is 6.61. The van der Waals surface area contributed by atoms with Crippen LogP contribution in [-0.4, -0.2) is 27.9 Å². The number of benzene rings is 2. The quantitative estimate of drug-likeness (QED) is 0.581. The smallest absolute Gasteiger partial charge is 0.265 e. The van der Waals surface area contributed by atoms with Crippen LogP contribution in [0.15, 0.2) is 83.0 Å². The third kappa shape index (κ3) is 3.27. The Hall–Kier alpha value is -3.59. The Labute approximate surface area is 154 Å². The highest BCUT2D eigenvalue weighted by atomic mass is 32.2. The molecule has 0 spiro atoms. The second-order valence-corrected chi connectivity index (χ2v) is 7.29. The Balaban J connectivity index is 1.69. The number of fused-ring (bicyclic) bond motifs is 1. The van der Waals surface area contributed by atoms with Gasteiger partial charge in [-0.15, -0.1) is 0 Å². The van der Waals surface area contributed by atoms with Crippen LogP contribution in [0.25, 0.3) is 16.6 Å². The van der Waals surface area contributed by atoms with Crippen molar-refractivity contribution in [1.82, 2.24) is 19.5 Å². The molecule has 2 aromatic carbocycles. The van der Waals surface area contributed by atoms with E-state index in [9.17, 15) is 13.2 Å². The minimum atomic E-state index is -3.84. The number of rotatable bonds is 4. The fraction of sp³-hybridized carbons (Fsp3) is 0. The van der Waals surface area contributed by atoms with Gasteiger partial charge >= 0.3 is 0 Å². The maximum atomic E-state index is 12.6. The van der Waals surface area contributed by atoms with Gasteiger partial charge in [0.05, 0.1) is 21.5 Å². The normalized spacial score (nSPS) is 11.4. The predicted octanol–water partition coefficient (Wildman–Crippen LogP) is 1.98. The summed E-state index contributed by atoms with van der Waals surface area (Å²) in [7, 11) is -3.84. The molecule has 0 aliphatic rings. The molecule has 2 heterocycles. The Morgan fingerprint density at radius 1 is 0.852 bits per heavy atom. The largest absolute Gasteiger partial charge is 0.268 e. The minimum Gasteiger partial charge on any atom is -0.268 e. The number of nitrogens with one attached hydrogen (secondary N) is 1. The van der Waals surface area contributed by atoms with Crippen LogP contribution in [-0.2, 0) is 10.0 Å². The molecule has 0 fully saturated rings. The number of nitrogens with zero attached hydrogens (tertiary/aromatic N) is 4. The number of para-hydroxylation sites is 1. The van der Waals surface area contributed by atoms with Crippen molar-refractivity contribution in [2.75, 3.05) is 4.72 Å². The van der Waals surface area contributed by atoms with Gasteiger partial charge < -0.3 is 0 Å². The maximum Gasteiger partial charge on any atom is 0.265 e. The van der Waals surface area contributed by atoms with E-state index in [0.717, 1.165) is 0 Å². The molecule has 0 aliphatic carbocycles. The van der Waals surface area contributed by atoms with Crippen LogP contribution in [0.3, 0.4) is 0 Å². The van der Waals surface area contributed by atoms with Crippen LogP contribution < -0.4 is 10.3 Å². The van der Waals surface area contributed by atoms with Crippen molar-refractivity contribution in [3.8, 4) is 5.69 Å². The molecule has 4 aromatic rings. The highest BCUT2D eigenvalue weighted by Gasteiger charge is 2.16. The molecular weight excluding hydrogens is 366 g/mol. The zero-order valence-electron chi connectivity index (χ0n) is 13.9. The summed E-state index contributed by atoms with van der Waals surface area (Å²) < 4.78 is 28.5. The molecule has 1 N–H and O–H groups in total. The molecule has 4 rings (SSSR count). The fourth-order valence-corrected chi connectivity index (χ4v) is 3.53. The first-order valence-electron chi connectivity index (χ1n) is 7.91. The summed E-state index contributed by atoms with van der Waals surface area (Å²) in [6, 6.07) is 14.5. The summed E-state index contributed by atoms with van der Waals surface area (Å²) in [5.74, 6) is -0.0171. The van der Waals surface area contributed by atoms with Gasteiger partial charge in [-0.1, -0.05) is 12.1 Å². The molecule has 0 unspecified atom stereocenters. The monoisotopic (exact) mass is 379 g/mol. The lowest BCUT2D eigenvalue weighted by molar-refractivity contribution is 0.601. The standard InChI is InChI=1S/C18H13N5O3S/c24-17-15-4-1-2-5-16(15)21-12-23(17)13-6-8-14(9-7-13)27(25,26)22-18-19-10-3-11-20-18/h1-12H,(H,19,20,22). The Morgan fingerprint density at radius 2 is 1.56 bits per heavy atom. The lowest BCUT2D eigenvalue weighted by Gasteiger charge is -2.09. The van der Waals surface area contributed by atoms with Crippen molar-refractivity contribution in [1.29, 1.82) is 0 Å². The van der Waals surface area contributed by atoms with Crippen LogP contribution in [0.5, 0.6) is 0 Å². The molecule has 27 heavy (non-hydrogen) atoms. The van der Waals surface area contributed by atoms with Crippen LogP contribution in [0.2, 0.25) is 0 Å². The van der Waals surface area contributed by atoms with Gasteiger partial charge in [-0.2, -0.15) is 0 Å². The van der Waals surface area contributed by atoms with E-state index in [1.807, 2.05) is 6.07 Å². The van der Waals surface area contributed by atoms with Crippen molar-refractivity contribution in [3.05, 3.63) is 83.7 Å². The summed E-state index contributed by atoms with van der Waals surface area (Å²) in [6.07, 6.45) is 4.30. The summed E-state index contributed by atoms with van der Waals surface area (Å²) in [4.78, 5) is 24.6. The van der Waals surface area contributed by atoms with Gasteiger partial charge in [0.2, 0.25) is 5.95 Å². The average Bonchev–Trinajstić information content (AvgIpc) is 2.69. The number of hydrogen-bond donors (Lipinski definition) is 1. The van der Waals surface area contributed by atoms with E-state index in [2.05, 4.69) is 19.7 Å². The molecular formula is C18H13N5O3S. The minimum absolute atomic E-state index is 0.0171. The summed E-state index contributed by atoms with van der Waals surface area (Å²) in [5.41, 5.74) is 0.880.